The van der Waals surface area contributed by atoms with E-state index in [1.165, 1.54) is 91.4 Å². The topological polar surface area (TPSA) is 314 Å². The van der Waals surface area contributed by atoms with Crippen LogP contribution < -0.4 is 26.6 Å². The monoisotopic (exact) mass is 1720 g/mol. The summed E-state index contributed by atoms with van der Waals surface area (Å²) in [6, 6.07) is 8.85. The molecule has 5 N–H and O–H groups in total. The fourth-order valence-electron chi connectivity index (χ4n) is 18.0. The molecule has 15 atom stereocenters. The normalized spacial score (nSPS) is 23.2. The predicted molar refractivity (Wildman–Crippen MR) is 479 cm³/mol. The first kappa shape index (κ1) is 109. The number of ether oxygens (including phenoxy) is 9. The summed E-state index contributed by atoms with van der Waals surface area (Å²) in [6.45, 7) is 26.1. The summed E-state index contributed by atoms with van der Waals surface area (Å²) in [4.78, 5) is 124. The first-order chi connectivity index (χ1) is 58.7. The van der Waals surface area contributed by atoms with Crippen molar-refractivity contribution in [2.24, 2.45) is 53.3 Å². The number of benzene rings is 1. The number of ketones is 3. The predicted octanol–water partition coefficient (Wildman–Crippen LogP) is 17.2. The highest BCUT2D eigenvalue weighted by atomic mass is 16.5. The van der Waals surface area contributed by atoms with E-state index in [0.29, 0.717) is 64.6 Å². The number of hydrogen-bond acceptors (Lipinski definition) is 20. The van der Waals surface area contributed by atoms with Gasteiger partial charge >= 0.3 is 17.9 Å². The molecule has 3 aliphatic rings. The maximum Gasteiger partial charge on any atom is 0.302 e. The lowest BCUT2D eigenvalue weighted by molar-refractivity contribution is -0.146. The second-order valence-corrected chi connectivity index (χ2v) is 36.5. The molecule has 3 aliphatic carbocycles. The molecule has 4 rings (SSSR count). The molecule has 24 nitrogen and oxygen atoms in total. The molecule has 15 unspecified atom stereocenters. The van der Waals surface area contributed by atoms with Gasteiger partial charge in [-0.3, -0.25) is 53.3 Å². The summed E-state index contributed by atoms with van der Waals surface area (Å²) < 4.78 is 54.4. The number of nitrogens with one attached hydrogen (secondary N) is 5. The highest BCUT2D eigenvalue weighted by Crippen LogP contribution is 2.40. The summed E-state index contributed by atoms with van der Waals surface area (Å²) in [6.07, 6.45) is 38.4. The maximum absolute atomic E-state index is 13.7. The van der Waals surface area contributed by atoms with Crippen molar-refractivity contribution in [3.63, 3.8) is 0 Å². The smallest absolute Gasteiger partial charge is 0.302 e. The van der Waals surface area contributed by atoms with Crippen molar-refractivity contribution in [1.29, 1.82) is 0 Å². The SMILES string of the molecule is CC(=O)NC1C(OCCCCCCCCCCCCCC(=O)CCOCC(COCCC(=O)CCCCCCCCCCCCCOC2CC(COC(C)=O)C(C)C(C)C2NC(C)=O)(COCCC(=O)NCCCCCCCCCCCCOC2CC(COC(C)=O)C(C)C(C)C2NC(C)=O)NCC(=O)c2ccccc2)CC(COC(C)=O)C(C)C1C. The summed E-state index contributed by atoms with van der Waals surface area (Å²) in [5.41, 5.74) is -0.509. The Kier molecular flexibility index (Phi) is 58.5. The van der Waals surface area contributed by atoms with Crippen molar-refractivity contribution >= 4 is 58.9 Å². The molecule has 4 amide bonds. The third kappa shape index (κ3) is 48.3. The van der Waals surface area contributed by atoms with Gasteiger partial charge in [0.1, 0.15) is 11.6 Å². The van der Waals surface area contributed by atoms with Gasteiger partial charge in [-0.05, 0) is 111 Å². The first-order valence-corrected chi connectivity index (χ1v) is 48.1. The van der Waals surface area contributed by atoms with E-state index in [9.17, 15) is 47.9 Å². The zero-order chi connectivity index (χ0) is 89.1. The lowest BCUT2D eigenvalue weighted by Gasteiger charge is -2.44. The molecule has 1 aromatic rings. The minimum absolute atomic E-state index is 0.0457. The third-order valence-corrected chi connectivity index (χ3v) is 26.3. The standard InChI is InChI=1S/C98H169N5O19/c1-72-75(4)95(101-78(7)104)91(62-85(72)66-120-81(10)107)117-56-45-36-30-24-18-13-15-21-27-33-42-50-88(110)52-59-114-69-98(100-65-90(112)84-48-40-39-41-49-84,70-115-60-53-89(111)51-43-34-28-22-16-14-19-25-31-37-46-57-118-92-63-86(67-121-82(11)108)73(2)76(5)96(92)102-79(8)105)71-116-61-54-94(113)99-55-44-35-29-23-17-20-26-32-38-47-58-119-93-64-87(68-122-83(12)109)74(3)77(6)97(93)103-80(9)106/h39-41,48-49,72-77,85-87,91-93,95-97,100H,13-38,42-47,50-71H2,1-12H3,(H,99,113)(H,101,104)(H,102,105)(H,103,106). The van der Waals surface area contributed by atoms with Gasteiger partial charge in [-0.2, -0.15) is 0 Å². The van der Waals surface area contributed by atoms with Crippen LogP contribution in [0.2, 0.25) is 0 Å². The average Bonchev–Trinajstić information content (AvgIpc) is 0.811. The third-order valence-electron chi connectivity index (χ3n) is 26.3. The fraction of sp³-hybridized carbons (Fsp3) is 0.837. The molecule has 1 aromatic carbocycles. The van der Waals surface area contributed by atoms with Crippen molar-refractivity contribution in [2.75, 3.05) is 92.4 Å². The molecule has 24 heteroatoms. The quantitative estimate of drug-likeness (QED) is 0.0175. The molecule has 0 heterocycles. The number of carbonyl (C=O) groups excluding carboxylic acids is 10. The van der Waals surface area contributed by atoms with E-state index in [-0.39, 0.29) is 214 Å². The largest absolute Gasteiger partial charge is 0.466 e. The van der Waals surface area contributed by atoms with E-state index in [1.54, 1.807) is 32.9 Å². The summed E-state index contributed by atoms with van der Waals surface area (Å²) in [5.74, 6) is 1.02. The number of Topliss-reactive ketones (excluding diaryl/α,β-unsaturated/α-hetero) is 3. The van der Waals surface area contributed by atoms with Gasteiger partial charge in [0.15, 0.2) is 5.78 Å². The van der Waals surface area contributed by atoms with E-state index >= 15 is 0 Å². The lowest BCUT2D eigenvalue weighted by Crippen LogP contribution is -2.58. The van der Waals surface area contributed by atoms with Gasteiger partial charge in [0, 0.05) is 106 Å². The fourth-order valence-corrected chi connectivity index (χ4v) is 18.0. The molecule has 3 saturated carbocycles. The molecule has 0 aromatic heterocycles. The minimum Gasteiger partial charge on any atom is -0.466 e. The molecule has 3 fully saturated rings. The Labute approximate surface area is 735 Å². The Morgan fingerprint density at radius 2 is 0.623 bits per heavy atom. The van der Waals surface area contributed by atoms with Crippen LogP contribution in [0, 0.1) is 53.3 Å². The molecular formula is C98H169N5O19. The van der Waals surface area contributed by atoms with Gasteiger partial charge in [-0.15, -0.1) is 0 Å². The zero-order valence-corrected chi connectivity index (χ0v) is 78.0. The van der Waals surface area contributed by atoms with Gasteiger partial charge in [0.25, 0.3) is 0 Å². The molecule has 0 spiro atoms. The van der Waals surface area contributed by atoms with E-state index in [0.717, 1.165) is 154 Å². The van der Waals surface area contributed by atoms with E-state index in [4.69, 9.17) is 42.6 Å². The lowest BCUT2D eigenvalue weighted by atomic mass is 9.70. The Morgan fingerprint density at radius 1 is 0.336 bits per heavy atom. The van der Waals surface area contributed by atoms with E-state index in [1.807, 2.05) is 18.2 Å². The molecule has 0 bridgehead atoms. The van der Waals surface area contributed by atoms with Crippen LogP contribution in [0.4, 0.5) is 0 Å². The van der Waals surface area contributed by atoms with Gasteiger partial charge < -0.3 is 63.9 Å². The number of unbranched alkanes of at least 4 members (excludes halogenated alkanes) is 29. The van der Waals surface area contributed by atoms with Crippen LogP contribution in [0.1, 0.15) is 350 Å². The number of esters is 3. The van der Waals surface area contributed by atoms with Crippen molar-refractivity contribution < 1.29 is 90.6 Å². The highest BCUT2D eigenvalue weighted by Gasteiger charge is 2.45. The molecule has 122 heavy (non-hydrogen) atoms. The van der Waals surface area contributed by atoms with Crippen LogP contribution in [0.3, 0.4) is 0 Å². The Balaban J connectivity index is 1.17. The second kappa shape index (κ2) is 65.8. The summed E-state index contributed by atoms with van der Waals surface area (Å²) in [7, 11) is 0. The second-order valence-electron chi connectivity index (χ2n) is 36.5. The van der Waals surface area contributed by atoms with Gasteiger partial charge in [0.2, 0.25) is 23.6 Å². The van der Waals surface area contributed by atoms with Gasteiger partial charge in [0.05, 0.1) is 108 Å². The van der Waals surface area contributed by atoms with Crippen LogP contribution in [0.5, 0.6) is 0 Å². The average molecular weight is 1720 g/mol. The van der Waals surface area contributed by atoms with Crippen LogP contribution in [0.25, 0.3) is 0 Å². The molecule has 700 valence electrons. The van der Waals surface area contributed by atoms with E-state index < -0.39 is 5.54 Å². The van der Waals surface area contributed by atoms with Gasteiger partial charge in [-0.25, -0.2) is 0 Å². The van der Waals surface area contributed by atoms with Crippen LogP contribution in [0.15, 0.2) is 30.3 Å². The Hall–Kier alpha value is -5.76. The summed E-state index contributed by atoms with van der Waals surface area (Å²) in [5, 5.41) is 15.9. The van der Waals surface area contributed by atoms with Gasteiger partial charge in [-0.1, -0.05) is 239 Å². The maximum atomic E-state index is 13.7. The van der Waals surface area contributed by atoms with E-state index in [2.05, 4.69) is 68.1 Å². The minimum atomic E-state index is -1.05. The summed E-state index contributed by atoms with van der Waals surface area (Å²) >= 11 is 0. The number of carbonyl (C=O) groups is 10. The van der Waals surface area contributed by atoms with Crippen molar-refractivity contribution in [3.05, 3.63) is 35.9 Å². The Bertz CT molecular complexity index is 2780. The Morgan fingerprint density at radius 3 is 0.926 bits per heavy atom. The first-order valence-electron chi connectivity index (χ1n) is 48.1. The molecule has 0 aliphatic heterocycles. The number of amides is 4. The van der Waals surface area contributed by atoms with Crippen LogP contribution in [-0.2, 0) is 85.8 Å². The number of rotatable bonds is 72. The molecule has 0 radical (unpaired) electrons. The highest BCUT2D eigenvalue weighted by molar-refractivity contribution is 5.97. The molecule has 0 saturated heterocycles. The zero-order valence-electron chi connectivity index (χ0n) is 78.0. The van der Waals surface area contributed by atoms with Crippen LogP contribution >= 0.6 is 0 Å². The van der Waals surface area contributed by atoms with Crippen molar-refractivity contribution in [2.45, 2.75) is 382 Å². The van der Waals surface area contributed by atoms with Crippen molar-refractivity contribution in [1.82, 2.24) is 26.6 Å². The number of hydrogen-bond donors (Lipinski definition) is 5. The van der Waals surface area contributed by atoms with Crippen molar-refractivity contribution in [3.8, 4) is 0 Å². The van der Waals surface area contributed by atoms with Crippen LogP contribution in [-0.4, -0.2) is 193 Å². The molecular weight excluding hydrogens is 1550 g/mol.